The maximum Gasteiger partial charge on any atom is 0.235 e. The summed E-state index contributed by atoms with van der Waals surface area (Å²) in [7, 11) is 0. The first kappa shape index (κ1) is 11.1. The van der Waals surface area contributed by atoms with Gasteiger partial charge in [-0.2, -0.15) is 0 Å². The molecule has 4 nitrogen and oxygen atoms in total. The van der Waals surface area contributed by atoms with Crippen LogP contribution in [0.2, 0.25) is 0 Å². The monoisotopic (exact) mass is 236 g/mol. The van der Waals surface area contributed by atoms with Crippen LogP contribution in [0.15, 0.2) is 0 Å². The lowest BCUT2D eigenvalue weighted by Crippen LogP contribution is -2.44. The van der Waals surface area contributed by atoms with Crippen molar-refractivity contribution in [2.75, 3.05) is 0 Å². The first-order valence-electron chi connectivity index (χ1n) is 6.65. The van der Waals surface area contributed by atoms with Crippen LogP contribution in [0.5, 0.6) is 0 Å². The number of carbonyl (C=O) groups is 2. The molecule has 0 aliphatic heterocycles. The molecule has 3 aliphatic carbocycles. The van der Waals surface area contributed by atoms with Crippen LogP contribution in [-0.4, -0.2) is 23.9 Å². The molecule has 0 saturated heterocycles. The lowest BCUT2D eigenvalue weighted by Gasteiger charge is -2.15. The van der Waals surface area contributed by atoms with Gasteiger partial charge in [0.2, 0.25) is 11.8 Å². The van der Waals surface area contributed by atoms with E-state index in [1.54, 1.807) is 0 Å². The van der Waals surface area contributed by atoms with Crippen molar-refractivity contribution in [1.82, 2.24) is 10.6 Å². The third kappa shape index (κ3) is 1.94. The standard InChI is InChI=1S/C13H20N2O2/c1-7-5-9(7)14-11(16)13(3-4-13)12(17)15-10-6-8(10)2/h7-10H,3-6H2,1-2H3,(H,14,16)(H,15,17)/t7-,8-,9-,10+/m1/s1. The van der Waals surface area contributed by atoms with E-state index < -0.39 is 5.41 Å². The largest absolute Gasteiger partial charge is 0.352 e. The van der Waals surface area contributed by atoms with Gasteiger partial charge >= 0.3 is 0 Å². The highest BCUT2D eigenvalue weighted by molar-refractivity contribution is 6.08. The van der Waals surface area contributed by atoms with Crippen molar-refractivity contribution in [1.29, 1.82) is 0 Å². The summed E-state index contributed by atoms with van der Waals surface area (Å²) in [5, 5.41) is 5.98. The Morgan fingerprint density at radius 3 is 1.53 bits per heavy atom. The number of hydrogen-bond acceptors (Lipinski definition) is 2. The zero-order valence-electron chi connectivity index (χ0n) is 10.5. The van der Waals surface area contributed by atoms with Crippen molar-refractivity contribution in [3.63, 3.8) is 0 Å². The Kier molecular flexibility index (Phi) is 2.25. The summed E-state index contributed by atoms with van der Waals surface area (Å²) in [6, 6.07) is 0.625. The zero-order valence-corrected chi connectivity index (χ0v) is 10.5. The smallest absolute Gasteiger partial charge is 0.235 e. The fraction of sp³-hybridized carbons (Fsp3) is 0.846. The van der Waals surface area contributed by atoms with Gasteiger partial charge < -0.3 is 10.6 Å². The van der Waals surface area contributed by atoms with E-state index in [1.807, 2.05) is 0 Å². The molecule has 0 aromatic rings. The Morgan fingerprint density at radius 1 is 0.941 bits per heavy atom. The second-order valence-electron chi connectivity index (χ2n) is 6.17. The van der Waals surface area contributed by atoms with E-state index in [-0.39, 0.29) is 11.8 Å². The van der Waals surface area contributed by atoms with Gasteiger partial charge in [-0.3, -0.25) is 9.59 Å². The number of rotatable bonds is 4. The first-order chi connectivity index (χ1) is 8.03. The lowest BCUT2D eigenvalue weighted by molar-refractivity contribution is -0.137. The van der Waals surface area contributed by atoms with Gasteiger partial charge in [-0.05, 0) is 37.5 Å². The molecule has 3 aliphatic rings. The Morgan fingerprint density at radius 2 is 1.29 bits per heavy atom. The van der Waals surface area contributed by atoms with Gasteiger partial charge in [0.1, 0.15) is 5.41 Å². The van der Waals surface area contributed by atoms with Gasteiger partial charge in [0.25, 0.3) is 0 Å². The molecule has 0 bridgehead atoms. The maximum atomic E-state index is 12.1. The Hall–Kier alpha value is -1.06. The van der Waals surface area contributed by atoms with E-state index in [0.29, 0.717) is 36.8 Å². The van der Waals surface area contributed by atoms with Crippen LogP contribution in [0.3, 0.4) is 0 Å². The van der Waals surface area contributed by atoms with Crippen molar-refractivity contribution >= 4 is 11.8 Å². The minimum Gasteiger partial charge on any atom is -0.352 e. The van der Waals surface area contributed by atoms with Gasteiger partial charge in [0, 0.05) is 12.1 Å². The van der Waals surface area contributed by atoms with E-state index in [4.69, 9.17) is 0 Å². The highest BCUT2D eigenvalue weighted by Gasteiger charge is 2.58. The minimum atomic E-state index is -0.718. The molecule has 94 valence electrons. The van der Waals surface area contributed by atoms with Gasteiger partial charge in [0.05, 0.1) is 0 Å². The van der Waals surface area contributed by atoms with Crippen LogP contribution in [0, 0.1) is 17.3 Å². The van der Waals surface area contributed by atoms with Gasteiger partial charge in [-0.1, -0.05) is 13.8 Å². The fourth-order valence-corrected chi connectivity index (χ4v) is 2.34. The summed E-state index contributed by atoms with van der Waals surface area (Å²) in [6.45, 7) is 4.24. The molecule has 3 fully saturated rings. The molecule has 17 heavy (non-hydrogen) atoms. The van der Waals surface area contributed by atoms with Crippen LogP contribution < -0.4 is 10.6 Å². The third-order valence-electron chi connectivity index (χ3n) is 4.47. The van der Waals surface area contributed by atoms with Crippen molar-refractivity contribution in [2.24, 2.45) is 17.3 Å². The maximum absolute atomic E-state index is 12.1. The summed E-state index contributed by atoms with van der Waals surface area (Å²) in [5.41, 5.74) is -0.718. The second-order valence-corrected chi connectivity index (χ2v) is 6.17. The predicted octanol–water partition coefficient (Wildman–Crippen LogP) is 0.816. The molecule has 0 heterocycles. The van der Waals surface area contributed by atoms with Crippen LogP contribution in [-0.2, 0) is 9.59 Å². The Bertz CT molecular complexity index is 344. The molecular weight excluding hydrogens is 216 g/mol. The van der Waals surface area contributed by atoms with Crippen molar-refractivity contribution < 1.29 is 9.59 Å². The molecule has 4 heteroatoms. The lowest BCUT2D eigenvalue weighted by atomic mass is 10.1. The zero-order chi connectivity index (χ0) is 12.2. The highest BCUT2D eigenvalue weighted by Crippen LogP contribution is 2.48. The van der Waals surface area contributed by atoms with E-state index in [9.17, 15) is 9.59 Å². The summed E-state index contributed by atoms with van der Waals surface area (Å²) in [6.07, 6.45) is 3.55. The molecule has 2 amide bonds. The van der Waals surface area contributed by atoms with Crippen molar-refractivity contribution in [3.05, 3.63) is 0 Å². The van der Waals surface area contributed by atoms with Crippen LogP contribution in [0.25, 0.3) is 0 Å². The number of nitrogens with one attached hydrogen (secondary N) is 2. The van der Waals surface area contributed by atoms with Crippen LogP contribution in [0.4, 0.5) is 0 Å². The van der Waals surface area contributed by atoms with Gasteiger partial charge in [-0.15, -0.1) is 0 Å². The summed E-state index contributed by atoms with van der Waals surface area (Å²) in [4.78, 5) is 24.2. The normalized spacial score (nSPS) is 40.4. The van der Waals surface area contributed by atoms with Crippen LogP contribution in [0.1, 0.15) is 39.5 Å². The molecule has 4 atom stereocenters. The van der Waals surface area contributed by atoms with Gasteiger partial charge in [-0.25, -0.2) is 0 Å². The van der Waals surface area contributed by atoms with E-state index in [0.717, 1.165) is 12.8 Å². The third-order valence-corrected chi connectivity index (χ3v) is 4.47. The highest BCUT2D eigenvalue weighted by atomic mass is 16.2. The summed E-state index contributed by atoms with van der Waals surface area (Å²) in [5.74, 6) is 1.08. The molecule has 0 radical (unpaired) electrons. The number of carbonyl (C=O) groups excluding carboxylic acids is 2. The second kappa shape index (κ2) is 3.47. The molecule has 2 N–H and O–H groups in total. The topological polar surface area (TPSA) is 58.2 Å². The Labute approximate surface area is 102 Å². The average molecular weight is 236 g/mol. The van der Waals surface area contributed by atoms with Crippen molar-refractivity contribution in [2.45, 2.75) is 51.6 Å². The minimum absolute atomic E-state index is 0.0438. The summed E-state index contributed by atoms with van der Waals surface area (Å²) >= 11 is 0. The number of hydrogen-bond donors (Lipinski definition) is 2. The molecule has 0 aromatic heterocycles. The van der Waals surface area contributed by atoms with Crippen molar-refractivity contribution in [3.8, 4) is 0 Å². The van der Waals surface area contributed by atoms with E-state index in [1.165, 1.54) is 0 Å². The molecule has 0 aromatic carbocycles. The fourth-order valence-electron chi connectivity index (χ4n) is 2.34. The molecule has 3 saturated carbocycles. The van der Waals surface area contributed by atoms with Gasteiger partial charge in [0.15, 0.2) is 0 Å². The molecular formula is C13H20N2O2. The van der Waals surface area contributed by atoms with Crippen LogP contribution >= 0.6 is 0 Å². The van der Waals surface area contributed by atoms with E-state index in [2.05, 4.69) is 24.5 Å². The molecule has 3 rings (SSSR count). The average Bonchev–Trinajstić information content (AvgIpc) is 3.09. The van der Waals surface area contributed by atoms with E-state index >= 15 is 0 Å². The number of amides is 2. The quantitative estimate of drug-likeness (QED) is 0.710. The first-order valence-corrected chi connectivity index (χ1v) is 6.65. The molecule has 0 spiro atoms. The summed E-state index contributed by atoms with van der Waals surface area (Å²) < 4.78 is 0. The molecule has 0 unspecified atom stereocenters. The SMILES string of the molecule is C[C@@H]1C[C@@H]1NC(=O)C1(C(=O)N[C@@H]2C[C@H]2C)CC1. The Balaban J connectivity index is 1.56. The predicted molar refractivity (Wildman–Crippen MR) is 63.1 cm³/mol.